The lowest BCUT2D eigenvalue weighted by molar-refractivity contribution is -0.131. The zero-order valence-electron chi connectivity index (χ0n) is 27.0. The van der Waals surface area contributed by atoms with E-state index < -0.39 is 23.3 Å². The van der Waals surface area contributed by atoms with Crippen LogP contribution in [0.4, 0.5) is 9.18 Å². The van der Waals surface area contributed by atoms with Gasteiger partial charge in [0, 0.05) is 18.1 Å². The molecule has 0 saturated carbocycles. The summed E-state index contributed by atoms with van der Waals surface area (Å²) in [4.78, 5) is 32.3. The van der Waals surface area contributed by atoms with E-state index in [4.69, 9.17) is 14.5 Å². The number of hydrogen-bond donors (Lipinski definition) is 1. The highest BCUT2D eigenvalue weighted by atomic mass is 19.1. The van der Waals surface area contributed by atoms with E-state index in [2.05, 4.69) is 48.6 Å². The smallest absolute Gasteiger partial charge is 0.325 e. The van der Waals surface area contributed by atoms with Crippen molar-refractivity contribution in [3.8, 4) is 22.6 Å². The minimum absolute atomic E-state index is 0.0989. The van der Waals surface area contributed by atoms with Crippen molar-refractivity contribution in [3.63, 3.8) is 0 Å². The van der Waals surface area contributed by atoms with Gasteiger partial charge in [0.05, 0.1) is 18.2 Å². The first-order valence-corrected chi connectivity index (χ1v) is 15.9. The van der Waals surface area contributed by atoms with Gasteiger partial charge in [0.15, 0.2) is 11.6 Å². The van der Waals surface area contributed by atoms with Crippen LogP contribution in [0.5, 0.6) is 11.5 Å². The number of urea groups is 1. The quantitative estimate of drug-likeness (QED) is 0.118. The zero-order chi connectivity index (χ0) is 33.1. The summed E-state index contributed by atoms with van der Waals surface area (Å²) in [7, 11) is 0. The number of amides is 3. The summed E-state index contributed by atoms with van der Waals surface area (Å²) in [5.41, 5.74) is 5.51. The lowest BCUT2D eigenvalue weighted by atomic mass is 9.92. The van der Waals surface area contributed by atoms with Crippen molar-refractivity contribution in [1.82, 2.24) is 15.2 Å². The second kappa shape index (κ2) is 13.2. The number of nitrogens with one attached hydrogen (secondary N) is 1. The molecule has 1 saturated heterocycles. The summed E-state index contributed by atoms with van der Waals surface area (Å²) in [6, 6.07) is 28.4. The first-order chi connectivity index (χ1) is 22.6. The van der Waals surface area contributed by atoms with Crippen molar-refractivity contribution < 1.29 is 23.5 Å². The van der Waals surface area contributed by atoms with E-state index in [1.807, 2.05) is 42.6 Å². The van der Waals surface area contributed by atoms with Gasteiger partial charge in [0.2, 0.25) is 0 Å². The summed E-state index contributed by atoms with van der Waals surface area (Å²) in [6.07, 6.45) is 2.94. The van der Waals surface area contributed by atoms with Crippen LogP contribution < -0.4 is 14.8 Å². The molecule has 1 aromatic heterocycles. The minimum Gasteiger partial charge on any atom is -0.494 e. The highest BCUT2D eigenvalue weighted by molar-refractivity contribution is 6.07. The third-order valence-corrected chi connectivity index (χ3v) is 8.48. The predicted octanol–water partition coefficient (Wildman–Crippen LogP) is 7.96. The van der Waals surface area contributed by atoms with Crippen LogP contribution >= 0.6 is 0 Å². The minimum atomic E-state index is -1.38. The van der Waals surface area contributed by atoms with E-state index in [1.54, 1.807) is 26.8 Å². The number of imide groups is 1. The van der Waals surface area contributed by atoms with Crippen molar-refractivity contribution in [1.29, 1.82) is 0 Å². The number of rotatable bonds is 11. The molecule has 1 N–H and O–H groups in total. The number of aryl methyl sites for hydroxylation is 1. The van der Waals surface area contributed by atoms with Gasteiger partial charge < -0.3 is 14.8 Å². The van der Waals surface area contributed by atoms with E-state index in [-0.39, 0.29) is 18.4 Å². The maximum Gasteiger partial charge on any atom is 0.325 e. The molecule has 1 fully saturated rings. The number of carbonyl (C=O) groups excluding carboxylic acids is 2. The van der Waals surface area contributed by atoms with E-state index in [0.29, 0.717) is 24.3 Å². The lowest BCUT2D eigenvalue weighted by Crippen LogP contribution is -2.41. The predicted molar refractivity (Wildman–Crippen MR) is 181 cm³/mol. The maximum atomic E-state index is 14.7. The van der Waals surface area contributed by atoms with Crippen LogP contribution in [0, 0.1) is 12.7 Å². The van der Waals surface area contributed by atoms with Gasteiger partial charge in [-0.25, -0.2) is 9.18 Å². The molecule has 1 aliphatic heterocycles. The van der Waals surface area contributed by atoms with E-state index in [9.17, 15) is 14.0 Å². The van der Waals surface area contributed by atoms with Crippen molar-refractivity contribution in [2.75, 3.05) is 13.2 Å². The molecule has 4 aromatic carbocycles. The average Bonchev–Trinajstić information content (AvgIpc) is 3.28. The van der Waals surface area contributed by atoms with E-state index in [1.165, 1.54) is 17.7 Å². The molecule has 240 valence electrons. The van der Waals surface area contributed by atoms with Crippen LogP contribution in [-0.4, -0.2) is 41.1 Å². The molecule has 47 heavy (non-hydrogen) atoms. The zero-order valence-corrected chi connectivity index (χ0v) is 27.0. The third kappa shape index (κ3) is 6.54. The Labute approximate surface area is 274 Å². The van der Waals surface area contributed by atoms with Gasteiger partial charge in [-0.1, -0.05) is 66.7 Å². The Hall–Kier alpha value is -5.24. The monoisotopic (exact) mass is 631 g/mol. The molecule has 8 heteroatoms. The van der Waals surface area contributed by atoms with E-state index >= 15 is 0 Å². The highest BCUT2D eigenvalue weighted by Crippen LogP contribution is 2.36. The Morgan fingerprint density at radius 3 is 2.51 bits per heavy atom. The molecule has 1 atom stereocenters. The second-order valence-electron chi connectivity index (χ2n) is 12.3. The first kappa shape index (κ1) is 31.7. The van der Waals surface area contributed by atoms with Crippen molar-refractivity contribution >= 4 is 22.8 Å². The number of hydrogen-bond acceptors (Lipinski definition) is 5. The number of halogens is 1. The molecule has 0 radical (unpaired) electrons. The fourth-order valence-corrected chi connectivity index (χ4v) is 6.11. The molecule has 2 heterocycles. The first-order valence-electron chi connectivity index (χ1n) is 15.9. The SMILES string of the molecule is Cc1cccc2c(-c3cccc(OCCCN4C(=O)NC(C)(c5ccc(OC(C)C)c(F)c5)C4=O)c3)c(Cc3ccccc3)cnc12. The summed E-state index contributed by atoms with van der Waals surface area (Å²) in [5.74, 6) is -0.239. The molecular formula is C39H38FN3O4. The number of carbonyl (C=O) groups is 2. The van der Waals surface area contributed by atoms with Crippen molar-refractivity contribution in [2.45, 2.75) is 52.2 Å². The van der Waals surface area contributed by atoms with Crippen LogP contribution in [-0.2, 0) is 16.8 Å². The van der Waals surface area contributed by atoms with Gasteiger partial charge in [-0.2, -0.15) is 0 Å². The third-order valence-electron chi connectivity index (χ3n) is 8.48. The summed E-state index contributed by atoms with van der Waals surface area (Å²) in [6.45, 7) is 7.72. The van der Waals surface area contributed by atoms with Gasteiger partial charge >= 0.3 is 6.03 Å². The number of fused-ring (bicyclic) bond motifs is 1. The Morgan fingerprint density at radius 1 is 0.957 bits per heavy atom. The number of benzene rings is 4. The average molecular weight is 632 g/mol. The molecule has 0 bridgehead atoms. The summed E-state index contributed by atoms with van der Waals surface area (Å²) in [5, 5.41) is 3.83. The van der Waals surface area contributed by atoms with Gasteiger partial charge in [0.25, 0.3) is 5.91 Å². The molecule has 3 amide bonds. The number of pyridine rings is 1. The van der Waals surface area contributed by atoms with E-state index in [0.717, 1.165) is 44.5 Å². The van der Waals surface area contributed by atoms with Crippen molar-refractivity contribution in [3.05, 3.63) is 125 Å². The number of aromatic nitrogens is 1. The second-order valence-corrected chi connectivity index (χ2v) is 12.3. The largest absolute Gasteiger partial charge is 0.494 e. The summed E-state index contributed by atoms with van der Waals surface area (Å²) >= 11 is 0. The van der Waals surface area contributed by atoms with Crippen LogP contribution in [0.15, 0.2) is 97.2 Å². The highest BCUT2D eigenvalue weighted by Gasteiger charge is 2.49. The topological polar surface area (TPSA) is 80.8 Å². The Kier molecular flexibility index (Phi) is 8.94. The van der Waals surface area contributed by atoms with Crippen LogP contribution in [0.3, 0.4) is 0 Å². The molecule has 0 aliphatic carbocycles. The van der Waals surface area contributed by atoms with Crippen LogP contribution in [0.2, 0.25) is 0 Å². The van der Waals surface area contributed by atoms with Crippen LogP contribution in [0.1, 0.15) is 49.4 Å². The normalized spacial score (nSPS) is 16.2. The fourth-order valence-electron chi connectivity index (χ4n) is 6.11. The van der Waals surface area contributed by atoms with Crippen molar-refractivity contribution in [2.24, 2.45) is 0 Å². The van der Waals surface area contributed by atoms with Gasteiger partial charge in [-0.3, -0.25) is 14.7 Å². The van der Waals surface area contributed by atoms with Gasteiger partial charge in [0.1, 0.15) is 11.3 Å². The van der Waals surface area contributed by atoms with Gasteiger partial charge in [-0.05, 0) is 98.2 Å². The number of nitrogens with zero attached hydrogens (tertiary/aromatic N) is 2. The Morgan fingerprint density at radius 2 is 1.74 bits per heavy atom. The molecule has 5 aromatic rings. The molecule has 0 spiro atoms. The fraction of sp³-hybridized carbons (Fsp3) is 0.256. The molecule has 1 aliphatic rings. The van der Waals surface area contributed by atoms with Crippen LogP contribution in [0.25, 0.3) is 22.0 Å². The standard InChI is InChI=1S/C39H38FN3O4/c1-25(2)47-34-18-17-30(23-33(34)40)39(4)37(44)43(38(45)42-39)19-10-20-46-31-15-9-14-28(22-31)35-29(21-27-12-6-5-7-13-27)24-41-36-26(3)11-8-16-32(35)36/h5-9,11-18,22-25H,10,19-21H2,1-4H3,(H,42,45). The lowest BCUT2D eigenvalue weighted by Gasteiger charge is -2.23. The molecule has 6 rings (SSSR count). The number of para-hydroxylation sites is 1. The number of ether oxygens (including phenoxy) is 2. The molecule has 1 unspecified atom stereocenters. The Bertz CT molecular complexity index is 1940. The maximum absolute atomic E-state index is 14.7. The summed E-state index contributed by atoms with van der Waals surface area (Å²) < 4.78 is 26.4. The molecular weight excluding hydrogens is 593 g/mol. The Balaban J connectivity index is 1.15. The van der Waals surface area contributed by atoms with Gasteiger partial charge in [-0.15, -0.1) is 0 Å². The molecule has 7 nitrogen and oxygen atoms in total.